The summed E-state index contributed by atoms with van der Waals surface area (Å²) >= 11 is 0. The zero-order valence-corrected chi connectivity index (χ0v) is 17.1. The van der Waals surface area contributed by atoms with Gasteiger partial charge in [-0.2, -0.15) is 0 Å². The first-order chi connectivity index (χ1) is 14.1. The average molecular weight is 389 g/mol. The van der Waals surface area contributed by atoms with Gasteiger partial charge in [0.05, 0.1) is 11.1 Å². The number of ketones is 1. The Balaban J connectivity index is 1.43. The maximum atomic E-state index is 13.0. The van der Waals surface area contributed by atoms with Crippen molar-refractivity contribution >= 4 is 11.9 Å². The SMILES string of the molecule is CC(C)c1ccc(/C=C2\Oc3c(ccc4c3CN(C3CCCC3)CO4)C2=O)cc1. The third kappa shape index (κ3) is 3.36. The van der Waals surface area contributed by atoms with Crippen LogP contribution in [0.5, 0.6) is 11.5 Å². The van der Waals surface area contributed by atoms with Crippen molar-refractivity contribution in [2.24, 2.45) is 0 Å². The smallest absolute Gasteiger partial charge is 0.231 e. The van der Waals surface area contributed by atoms with Crippen molar-refractivity contribution in [2.45, 2.75) is 58.0 Å². The van der Waals surface area contributed by atoms with E-state index in [-0.39, 0.29) is 5.78 Å². The number of rotatable bonds is 3. The monoisotopic (exact) mass is 389 g/mol. The van der Waals surface area contributed by atoms with Crippen molar-refractivity contribution in [3.8, 4) is 11.5 Å². The summed E-state index contributed by atoms with van der Waals surface area (Å²) in [5.74, 6) is 2.35. The quantitative estimate of drug-likeness (QED) is 0.648. The Morgan fingerprint density at radius 3 is 2.55 bits per heavy atom. The van der Waals surface area contributed by atoms with E-state index in [1.54, 1.807) is 0 Å². The highest BCUT2D eigenvalue weighted by atomic mass is 16.5. The average Bonchev–Trinajstić information content (AvgIpc) is 3.37. The van der Waals surface area contributed by atoms with Crippen molar-refractivity contribution in [1.82, 2.24) is 4.90 Å². The van der Waals surface area contributed by atoms with Gasteiger partial charge in [0.1, 0.15) is 18.2 Å². The third-order valence-corrected chi connectivity index (χ3v) is 6.39. The summed E-state index contributed by atoms with van der Waals surface area (Å²) in [6.07, 6.45) is 6.88. The Kier molecular flexibility index (Phi) is 4.67. The number of hydrogen-bond donors (Lipinski definition) is 0. The fraction of sp³-hybridized carbons (Fsp3) is 0.400. The van der Waals surface area contributed by atoms with Crippen LogP contribution in [0, 0.1) is 0 Å². The lowest BCUT2D eigenvalue weighted by Crippen LogP contribution is -2.39. The van der Waals surface area contributed by atoms with E-state index in [0.29, 0.717) is 35.8 Å². The summed E-state index contributed by atoms with van der Waals surface area (Å²) in [5.41, 5.74) is 3.91. The first-order valence-electron chi connectivity index (χ1n) is 10.7. The number of ether oxygens (including phenoxy) is 2. The van der Waals surface area contributed by atoms with Crippen LogP contribution in [0.3, 0.4) is 0 Å². The fourth-order valence-electron chi connectivity index (χ4n) is 4.61. The number of hydrogen-bond acceptors (Lipinski definition) is 4. The Morgan fingerprint density at radius 1 is 1.07 bits per heavy atom. The molecule has 2 heterocycles. The van der Waals surface area contributed by atoms with Gasteiger partial charge >= 0.3 is 0 Å². The molecule has 0 bridgehead atoms. The number of carbonyl (C=O) groups is 1. The molecule has 0 atom stereocenters. The van der Waals surface area contributed by atoms with Crippen LogP contribution < -0.4 is 9.47 Å². The van der Waals surface area contributed by atoms with Crippen molar-refractivity contribution < 1.29 is 14.3 Å². The summed E-state index contributed by atoms with van der Waals surface area (Å²) in [7, 11) is 0. The molecule has 29 heavy (non-hydrogen) atoms. The van der Waals surface area contributed by atoms with E-state index in [2.05, 4.69) is 30.9 Å². The molecule has 0 saturated heterocycles. The Labute approximate surface area is 172 Å². The van der Waals surface area contributed by atoms with E-state index in [0.717, 1.165) is 23.4 Å². The molecule has 0 amide bonds. The topological polar surface area (TPSA) is 38.8 Å². The summed E-state index contributed by atoms with van der Waals surface area (Å²) in [5, 5.41) is 0. The highest BCUT2D eigenvalue weighted by Crippen LogP contribution is 2.43. The van der Waals surface area contributed by atoms with E-state index >= 15 is 0 Å². The predicted octanol–water partition coefficient (Wildman–Crippen LogP) is 5.52. The maximum Gasteiger partial charge on any atom is 0.231 e. The van der Waals surface area contributed by atoms with E-state index in [9.17, 15) is 4.79 Å². The second-order valence-corrected chi connectivity index (χ2v) is 8.64. The molecule has 2 aromatic carbocycles. The number of benzene rings is 2. The first kappa shape index (κ1) is 18.4. The Hall–Kier alpha value is -2.59. The standard InChI is InChI=1S/C25H27NO3/c1-16(2)18-9-7-17(8-10-18)13-23-24(27)20-11-12-22-21(25(20)29-23)14-26(15-28-22)19-5-3-4-6-19/h7-13,16,19H,3-6,14-15H2,1-2H3/b23-13-. The zero-order valence-electron chi connectivity index (χ0n) is 17.1. The van der Waals surface area contributed by atoms with Crippen molar-refractivity contribution in [3.05, 3.63) is 64.4 Å². The van der Waals surface area contributed by atoms with E-state index in [4.69, 9.17) is 9.47 Å². The van der Waals surface area contributed by atoms with Crippen LogP contribution in [0.1, 0.15) is 72.5 Å². The molecule has 0 unspecified atom stereocenters. The van der Waals surface area contributed by atoms with Gasteiger partial charge in [0.25, 0.3) is 0 Å². The van der Waals surface area contributed by atoms with Crippen LogP contribution in [0.4, 0.5) is 0 Å². The predicted molar refractivity (Wildman–Crippen MR) is 113 cm³/mol. The second kappa shape index (κ2) is 7.34. The van der Waals surface area contributed by atoms with E-state index in [1.807, 2.05) is 30.3 Å². The third-order valence-electron chi connectivity index (χ3n) is 6.39. The van der Waals surface area contributed by atoms with Crippen LogP contribution in [-0.4, -0.2) is 23.5 Å². The first-order valence-corrected chi connectivity index (χ1v) is 10.7. The van der Waals surface area contributed by atoms with Crippen molar-refractivity contribution in [3.63, 3.8) is 0 Å². The highest BCUT2D eigenvalue weighted by molar-refractivity contribution is 6.15. The van der Waals surface area contributed by atoms with Gasteiger partial charge in [-0.15, -0.1) is 0 Å². The second-order valence-electron chi connectivity index (χ2n) is 8.64. The molecule has 0 aromatic heterocycles. The minimum Gasteiger partial charge on any atom is -0.478 e. The number of allylic oxidation sites excluding steroid dienone is 1. The Morgan fingerprint density at radius 2 is 1.83 bits per heavy atom. The molecule has 1 saturated carbocycles. The minimum atomic E-state index is -0.0475. The molecule has 4 nitrogen and oxygen atoms in total. The van der Waals surface area contributed by atoms with Crippen molar-refractivity contribution in [1.29, 1.82) is 0 Å². The van der Waals surface area contributed by atoms with Gasteiger partial charge in [0, 0.05) is 12.6 Å². The van der Waals surface area contributed by atoms with Gasteiger partial charge in [0.2, 0.25) is 5.78 Å². The summed E-state index contributed by atoms with van der Waals surface area (Å²) < 4.78 is 12.1. The summed E-state index contributed by atoms with van der Waals surface area (Å²) in [4.78, 5) is 15.3. The van der Waals surface area contributed by atoms with Gasteiger partial charge in [-0.1, -0.05) is 51.0 Å². The fourth-order valence-corrected chi connectivity index (χ4v) is 4.61. The van der Waals surface area contributed by atoms with Crippen LogP contribution in [0.25, 0.3) is 6.08 Å². The van der Waals surface area contributed by atoms with Gasteiger partial charge in [-0.3, -0.25) is 9.69 Å². The van der Waals surface area contributed by atoms with Crippen LogP contribution >= 0.6 is 0 Å². The van der Waals surface area contributed by atoms with Crippen LogP contribution in [0.15, 0.2) is 42.2 Å². The normalized spacial score (nSPS) is 20.7. The molecule has 0 spiro atoms. The minimum absolute atomic E-state index is 0.0475. The van der Waals surface area contributed by atoms with E-state index in [1.165, 1.54) is 31.2 Å². The molecule has 1 fully saturated rings. The molecule has 1 aliphatic carbocycles. The molecule has 4 heteroatoms. The lowest BCUT2D eigenvalue weighted by molar-refractivity contribution is 0.0567. The number of nitrogens with zero attached hydrogens (tertiary/aromatic N) is 1. The molecule has 5 rings (SSSR count). The number of carbonyl (C=O) groups excluding carboxylic acids is 1. The molecule has 2 aromatic rings. The van der Waals surface area contributed by atoms with Gasteiger partial charge in [0.15, 0.2) is 5.76 Å². The molecule has 3 aliphatic rings. The molecule has 2 aliphatic heterocycles. The summed E-state index contributed by atoms with van der Waals surface area (Å²) in [6.45, 7) is 5.75. The number of fused-ring (bicyclic) bond motifs is 3. The lowest BCUT2D eigenvalue weighted by atomic mass is 10.0. The molecule has 150 valence electrons. The molecular weight excluding hydrogens is 362 g/mol. The van der Waals surface area contributed by atoms with Gasteiger partial charge in [-0.25, -0.2) is 0 Å². The van der Waals surface area contributed by atoms with Crippen LogP contribution in [0.2, 0.25) is 0 Å². The van der Waals surface area contributed by atoms with Crippen molar-refractivity contribution in [2.75, 3.05) is 6.73 Å². The summed E-state index contributed by atoms with van der Waals surface area (Å²) in [6, 6.07) is 12.6. The molecular formula is C25H27NO3. The van der Waals surface area contributed by atoms with Gasteiger partial charge in [-0.05, 0) is 48.1 Å². The molecule has 0 N–H and O–H groups in total. The van der Waals surface area contributed by atoms with E-state index < -0.39 is 0 Å². The maximum absolute atomic E-state index is 13.0. The molecule has 0 radical (unpaired) electrons. The van der Waals surface area contributed by atoms with Crippen LogP contribution in [-0.2, 0) is 6.54 Å². The van der Waals surface area contributed by atoms with Gasteiger partial charge < -0.3 is 9.47 Å². The highest BCUT2D eigenvalue weighted by Gasteiger charge is 2.35. The number of Topliss-reactive ketones (excluding diaryl/α,β-unsaturated/α-hetero) is 1. The zero-order chi connectivity index (χ0) is 20.0. The Bertz CT molecular complexity index is 968. The lowest BCUT2D eigenvalue weighted by Gasteiger charge is -2.33. The largest absolute Gasteiger partial charge is 0.478 e.